The number of hydrogen-bond donors (Lipinski definition) is 4. The van der Waals surface area contributed by atoms with Gasteiger partial charge in [0.1, 0.15) is 24.9 Å². The van der Waals surface area contributed by atoms with Crippen LogP contribution in [-0.4, -0.2) is 52.6 Å². The molecule has 76 valence electrons. The molecule has 0 aromatic carbocycles. The summed E-state index contributed by atoms with van der Waals surface area (Å²) in [4.78, 5) is 10.2. The highest BCUT2D eigenvalue weighted by molar-refractivity contribution is 5.64. The van der Waals surface area contributed by atoms with Crippen molar-refractivity contribution in [3.63, 3.8) is 0 Å². The van der Waals surface area contributed by atoms with E-state index in [9.17, 15) is 9.90 Å². The first kappa shape index (κ1) is 10.2. The minimum absolute atomic E-state index is 0.301. The lowest BCUT2D eigenvalue weighted by molar-refractivity contribution is -0.133. The van der Waals surface area contributed by atoms with Crippen LogP contribution in [0.2, 0.25) is 0 Å². The summed E-state index contributed by atoms with van der Waals surface area (Å²) in [5.41, 5.74) is 4.66. The molecule has 0 aliphatic carbocycles. The monoisotopic (exact) mass is 193 g/mol. The maximum absolute atomic E-state index is 10.2. The molecule has 1 rings (SSSR count). The fourth-order valence-corrected chi connectivity index (χ4v) is 1.03. The SMILES string of the molecule is NC(=O)OCC1OC(O)C(O)C1O. The first-order valence-corrected chi connectivity index (χ1v) is 3.64. The van der Waals surface area contributed by atoms with Gasteiger partial charge in [0.2, 0.25) is 0 Å². The molecule has 4 unspecified atom stereocenters. The predicted molar refractivity (Wildman–Crippen MR) is 38.4 cm³/mol. The molecule has 13 heavy (non-hydrogen) atoms. The van der Waals surface area contributed by atoms with Crippen LogP contribution in [0.25, 0.3) is 0 Å². The molecule has 0 aromatic heterocycles. The second-order valence-corrected chi connectivity index (χ2v) is 2.68. The van der Waals surface area contributed by atoms with Crippen LogP contribution in [0.1, 0.15) is 0 Å². The minimum atomic E-state index is -1.46. The molecule has 0 saturated carbocycles. The zero-order valence-corrected chi connectivity index (χ0v) is 6.66. The van der Waals surface area contributed by atoms with E-state index in [1.165, 1.54) is 0 Å². The van der Waals surface area contributed by atoms with Crippen molar-refractivity contribution < 1.29 is 29.6 Å². The van der Waals surface area contributed by atoms with Gasteiger partial charge in [0.25, 0.3) is 0 Å². The van der Waals surface area contributed by atoms with Crippen LogP contribution in [0.5, 0.6) is 0 Å². The highest BCUT2D eigenvalue weighted by Crippen LogP contribution is 2.19. The van der Waals surface area contributed by atoms with Crippen molar-refractivity contribution in [2.45, 2.75) is 24.6 Å². The number of carbonyl (C=O) groups is 1. The molecular weight excluding hydrogens is 182 g/mol. The number of aliphatic hydroxyl groups excluding tert-OH is 3. The molecule has 7 heteroatoms. The van der Waals surface area contributed by atoms with Crippen LogP contribution in [0.15, 0.2) is 0 Å². The number of nitrogens with two attached hydrogens (primary N) is 1. The summed E-state index contributed by atoms with van der Waals surface area (Å²) < 4.78 is 8.98. The molecule has 1 aliphatic heterocycles. The van der Waals surface area contributed by atoms with Gasteiger partial charge in [-0.05, 0) is 0 Å². The van der Waals surface area contributed by atoms with Gasteiger partial charge in [-0.1, -0.05) is 0 Å². The molecule has 0 spiro atoms. The Hall–Kier alpha value is -0.890. The van der Waals surface area contributed by atoms with E-state index in [4.69, 9.17) is 10.2 Å². The maximum atomic E-state index is 10.2. The summed E-state index contributed by atoms with van der Waals surface area (Å²) in [6, 6.07) is 0. The maximum Gasteiger partial charge on any atom is 0.404 e. The molecule has 1 fully saturated rings. The Balaban J connectivity index is 2.40. The van der Waals surface area contributed by atoms with E-state index in [-0.39, 0.29) is 6.61 Å². The average Bonchev–Trinajstić information content (AvgIpc) is 2.29. The second kappa shape index (κ2) is 3.88. The summed E-state index contributed by atoms with van der Waals surface area (Å²) in [5.74, 6) is 0. The number of hydrogen-bond acceptors (Lipinski definition) is 6. The van der Waals surface area contributed by atoms with Crippen LogP contribution >= 0.6 is 0 Å². The molecule has 7 nitrogen and oxygen atoms in total. The fourth-order valence-electron chi connectivity index (χ4n) is 1.03. The van der Waals surface area contributed by atoms with Gasteiger partial charge >= 0.3 is 6.09 Å². The topological polar surface area (TPSA) is 122 Å². The van der Waals surface area contributed by atoms with Crippen LogP contribution in [0.3, 0.4) is 0 Å². The van der Waals surface area contributed by atoms with Gasteiger partial charge in [-0.25, -0.2) is 4.79 Å². The summed E-state index contributed by atoms with van der Waals surface area (Å²) in [5, 5.41) is 27.1. The zero-order chi connectivity index (χ0) is 10.0. The molecule has 1 saturated heterocycles. The number of rotatable bonds is 2. The molecule has 0 radical (unpaired) electrons. The van der Waals surface area contributed by atoms with Crippen molar-refractivity contribution in [1.82, 2.24) is 0 Å². The Morgan fingerprint density at radius 2 is 2.00 bits per heavy atom. The standard InChI is InChI=1S/C6H11NO6/c7-6(11)12-1-2-3(8)4(9)5(10)13-2/h2-5,8-10H,1H2,(H2,7,11). The van der Waals surface area contributed by atoms with Crippen molar-refractivity contribution in [2.24, 2.45) is 5.73 Å². The van der Waals surface area contributed by atoms with Crippen LogP contribution < -0.4 is 5.73 Å². The Morgan fingerprint density at radius 3 is 2.38 bits per heavy atom. The van der Waals surface area contributed by atoms with Gasteiger partial charge in [0, 0.05) is 0 Å². The van der Waals surface area contributed by atoms with Gasteiger partial charge in [0.15, 0.2) is 6.29 Å². The van der Waals surface area contributed by atoms with Gasteiger partial charge in [-0.2, -0.15) is 0 Å². The third-order valence-electron chi connectivity index (χ3n) is 1.73. The Bertz CT molecular complexity index is 198. The summed E-state index contributed by atoms with van der Waals surface area (Å²) >= 11 is 0. The van der Waals surface area contributed by atoms with Gasteiger partial charge in [-0.15, -0.1) is 0 Å². The number of carbonyl (C=O) groups excluding carboxylic acids is 1. The quantitative estimate of drug-likeness (QED) is 0.385. The molecule has 1 aliphatic rings. The van der Waals surface area contributed by atoms with E-state index in [2.05, 4.69) is 15.2 Å². The molecule has 0 aromatic rings. The van der Waals surface area contributed by atoms with Crippen molar-refractivity contribution in [2.75, 3.05) is 6.61 Å². The summed E-state index contributed by atoms with van der Waals surface area (Å²) in [7, 11) is 0. The lowest BCUT2D eigenvalue weighted by atomic mass is 10.1. The lowest BCUT2D eigenvalue weighted by Crippen LogP contribution is -2.35. The van der Waals surface area contributed by atoms with Crippen molar-refractivity contribution >= 4 is 6.09 Å². The number of amides is 1. The molecule has 1 heterocycles. The molecular formula is C6H11NO6. The molecule has 4 atom stereocenters. The highest BCUT2D eigenvalue weighted by atomic mass is 16.7. The van der Waals surface area contributed by atoms with E-state index in [1.807, 2.05) is 0 Å². The highest BCUT2D eigenvalue weighted by Gasteiger charge is 2.42. The smallest absolute Gasteiger partial charge is 0.404 e. The third kappa shape index (κ3) is 2.28. The Labute approximate surface area is 73.7 Å². The second-order valence-electron chi connectivity index (χ2n) is 2.68. The number of ether oxygens (including phenoxy) is 2. The van der Waals surface area contributed by atoms with Crippen molar-refractivity contribution in [3.05, 3.63) is 0 Å². The van der Waals surface area contributed by atoms with Crippen molar-refractivity contribution in [1.29, 1.82) is 0 Å². The number of aliphatic hydroxyl groups is 3. The summed E-state index contributed by atoms with van der Waals surface area (Å²) in [6.07, 6.45) is -6.09. The van der Waals surface area contributed by atoms with Crippen LogP contribution in [-0.2, 0) is 9.47 Å². The fraction of sp³-hybridized carbons (Fsp3) is 0.833. The average molecular weight is 193 g/mol. The largest absolute Gasteiger partial charge is 0.447 e. The first-order chi connectivity index (χ1) is 6.02. The summed E-state index contributed by atoms with van der Waals surface area (Å²) in [6.45, 7) is -0.301. The minimum Gasteiger partial charge on any atom is -0.447 e. The Morgan fingerprint density at radius 1 is 1.38 bits per heavy atom. The van der Waals surface area contributed by atoms with E-state index < -0.39 is 30.7 Å². The molecule has 5 N–H and O–H groups in total. The van der Waals surface area contributed by atoms with Gasteiger partial charge < -0.3 is 30.5 Å². The van der Waals surface area contributed by atoms with Crippen LogP contribution in [0.4, 0.5) is 4.79 Å². The lowest BCUT2D eigenvalue weighted by Gasteiger charge is -2.12. The van der Waals surface area contributed by atoms with Gasteiger partial charge in [0.05, 0.1) is 0 Å². The zero-order valence-electron chi connectivity index (χ0n) is 6.66. The number of primary amides is 1. The molecule has 1 amide bonds. The van der Waals surface area contributed by atoms with Crippen LogP contribution in [0, 0.1) is 0 Å². The first-order valence-electron chi connectivity index (χ1n) is 3.64. The van der Waals surface area contributed by atoms with E-state index in [1.54, 1.807) is 0 Å². The molecule has 0 bridgehead atoms. The van der Waals surface area contributed by atoms with E-state index in [0.29, 0.717) is 0 Å². The Kier molecular flexibility index (Phi) is 3.04. The van der Waals surface area contributed by atoms with E-state index in [0.717, 1.165) is 0 Å². The van der Waals surface area contributed by atoms with Crippen molar-refractivity contribution in [3.8, 4) is 0 Å². The normalized spacial score (nSPS) is 39.0. The predicted octanol–water partition coefficient (Wildman–Crippen LogP) is -2.48. The third-order valence-corrected chi connectivity index (χ3v) is 1.73. The van der Waals surface area contributed by atoms with E-state index >= 15 is 0 Å². The van der Waals surface area contributed by atoms with Gasteiger partial charge in [-0.3, -0.25) is 0 Å².